The average Bonchev–Trinajstić information content (AvgIpc) is 2.89. The predicted molar refractivity (Wildman–Crippen MR) is 99.9 cm³/mol. The number of hydrogen-bond donors (Lipinski definition) is 2. The number of H-pyrrole nitrogens is 1. The third-order valence-electron chi connectivity index (χ3n) is 4.41. The lowest BCUT2D eigenvalue weighted by Crippen LogP contribution is -2.34. The Kier molecular flexibility index (Phi) is 6.73. The van der Waals surface area contributed by atoms with E-state index in [1.807, 2.05) is 11.8 Å². The van der Waals surface area contributed by atoms with Crippen molar-refractivity contribution in [1.29, 1.82) is 0 Å². The van der Waals surface area contributed by atoms with Gasteiger partial charge in [-0.15, -0.1) is 0 Å². The van der Waals surface area contributed by atoms with Crippen molar-refractivity contribution in [2.75, 3.05) is 13.1 Å². The molecule has 2 rings (SSSR count). The van der Waals surface area contributed by atoms with Gasteiger partial charge in [-0.3, -0.25) is 24.0 Å². The Morgan fingerprint density at radius 1 is 1.23 bits per heavy atom. The topological polar surface area (TPSA) is 119 Å². The van der Waals surface area contributed by atoms with Crippen molar-refractivity contribution in [1.82, 2.24) is 24.0 Å². The zero-order valence-corrected chi connectivity index (χ0v) is 15.7. The minimum absolute atomic E-state index is 0.127. The van der Waals surface area contributed by atoms with Crippen molar-refractivity contribution >= 4 is 17.1 Å². The summed E-state index contributed by atoms with van der Waals surface area (Å²) >= 11 is 0. The highest BCUT2D eigenvalue weighted by Crippen LogP contribution is 2.12. The van der Waals surface area contributed by atoms with Crippen molar-refractivity contribution in [2.45, 2.75) is 52.6 Å². The molecule has 2 aromatic heterocycles. The second-order valence-corrected chi connectivity index (χ2v) is 6.55. The molecule has 0 aliphatic carbocycles. The van der Waals surface area contributed by atoms with Crippen LogP contribution in [0.15, 0.2) is 9.59 Å². The van der Waals surface area contributed by atoms with Gasteiger partial charge in [-0.05, 0) is 19.4 Å². The molecule has 0 bridgehead atoms. The van der Waals surface area contributed by atoms with Crippen LogP contribution in [0.4, 0.5) is 0 Å². The van der Waals surface area contributed by atoms with Crippen LogP contribution in [0.5, 0.6) is 0 Å². The molecule has 0 aromatic carbocycles. The van der Waals surface area contributed by atoms with E-state index in [2.05, 4.69) is 16.9 Å². The first-order valence-corrected chi connectivity index (χ1v) is 9.08. The Bertz CT molecular complexity index is 879. The van der Waals surface area contributed by atoms with Gasteiger partial charge in [-0.2, -0.15) is 0 Å². The number of rotatable bonds is 10. The summed E-state index contributed by atoms with van der Waals surface area (Å²) in [6, 6.07) is 0. The average molecular weight is 364 g/mol. The molecule has 0 atom stereocenters. The molecule has 9 heteroatoms. The Morgan fingerprint density at radius 2 is 1.92 bits per heavy atom. The molecule has 0 spiro atoms. The van der Waals surface area contributed by atoms with Crippen LogP contribution in [-0.4, -0.2) is 43.0 Å². The molecular formula is C17H28N6O3. The number of nitrogens with one attached hydrogen (secondary N) is 1. The molecule has 0 radical (unpaired) electrons. The third-order valence-corrected chi connectivity index (χ3v) is 4.41. The van der Waals surface area contributed by atoms with Crippen LogP contribution in [0.2, 0.25) is 0 Å². The van der Waals surface area contributed by atoms with Gasteiger partial charge in [-0.25, -0.2) is 9.78 Å². The molecule has 0 aliphatic rings. The summed E-state index contributed by atoms with van der Waals surface area (Å²) in [5, 5.41) is 0. The summed E-state index contributed by atoms with van der Waals surface area (Å²) in [5.74, 6) is 0.219. The number of unbranched alkanes of at least 4 members (excludes halogenated alkanes) is 2. The van der Waals surface area contributed by atoms with Crippen molar-refractivity contribution < 1.29 is 4.79 Å². The van der Waals surface area contributed by atoms with Crippen molar-refractivity contribution in [3.05, 3.63) is 26.7 Å². The first-order valence-electron chi connectivity index (χ1n) is 9.08. The summed E-state index contributed by atoms with van der Waals surface area (Å²) in [4.78, 5) is 44.6. The maximum Gasteiger partial charge on any atom is 0.330 e. The number of carbonyl (C=O) groups excluding carboxylic acids is 1. The largest absolute Gasteiger partial charge is 0.369 e. The standard InChI is InChI=1S/C17H28N6O3/c1-4-6-8-22(10-12(18)24)11-13-19-15-14(21(13)3)16(25)20-17(26)23(15)9-7-5-2/h4-11H2,1-3H3,(H2,18,24)(H,20,25,26). The van der Waals surface area contributed by atoms with Crippen LogP contribution < -0.4 is 17.0 Å². The molecule has 0 saturated carbocycles. The number of fused-ring (bicyclic) bond motifs is 1. The zero-order chi connectivity index (χ0) is 19.3. The number of nitrogens with zero attached hydrogens (tertiary/aromatic N) is 4. The van der Waals surface area contributed by atoms with E-state index in [1.165, 1.54) is 4.57 Å². The zero-order valence-electron chi connectivity index (χ0n) is 15.7. The van der Waals surface area contributed by atoms with Gasteiger partial charge in [0.2, 0.25) is 5.91 Å². The van der Waals surface area contributed by atoms with Crippen molar-refractivity contribution in [2.24, 2.45) is 12.8 Å². The molecule has 0 fully saturated rings. The van der Waals surface area contributed by atoms with Gasteiger partial charge in [-0.1, -0.05) is 26.7 Å². The molecule has 0 aliphatic heterocycles. The molecule has 1 amide bonds. The van der Waals surface area contributed by atoms with Gasteiger partial charge in [0.25, 0.3) is 5.56 Å². The molecule has 0 unspecified atom stereocenters. The molecular weight excluding hydrogens is 336 g/mol. The predicted octanol–water partition coefficient (Wildman–Crippen LogP) is 0.311. The summed E-state index contributed by atoms with van der Waals surface area (Å²) in [7, 11) is 1.75. The Labute approximate surface area is 151 Å². The lowest BCUT2D eigenvalue weighted by Gasteiger charge is -2.19. The maximum atomic E-state index is 12.3. The molecule has 2 heterocycles. The van der Waals surface area contributed by atoms with E-state index in [9.17, 15) is 14.4 Å². The summed E-state index contributed by atoms with van der Waals surface area (Å²) in [6.45, 7) is 5.83. The van der Waals surface area contributed by atoms with Crippen LogP contribution in [0.1, 0.15) is 45.4 Å². The minimum Gasteiger partial charge on any atom is -0.369 e. The molecule has 0 saturated heterocycles. The normalized spacial score (nSPS) is 11.5. The molecule has 9 nitrogen and oxygen atoms in total. The van der Waals surface area contributed by atoms with E-state index in [4.69, 9.17) is 5.73 Å². The van der Waals surface area contributed by atoms with Gasteiger partial charge in [0, 0.05) is 13.6 Å². The molecule has 2 aromatic rings. The van der Waals surface area contributed by atoms with Crippen LogP contribution in [0.3, 0.4) is 0 Å². The van der Waals surface area contributed by atoms with Crippen molar-refractivity contribution in [3.63, 3.8) is 0 Å². The van der Waals surface area contributed by atoms with E-state index >= 15 is 0 Å². The number of aromatic amines is 1. The van der Waals surface area contributed by atoms with E-state index in [1.54, 1.807) is 11.6 Å². The van der Waals surface area contributed by atoms with Gasteiger partial charge < -0.3 is 10.3 Å². The summed E-state index contributed by atoms with van der Waals surface area (Å²) in [5.41, 5.74) is 5.21. The number of aryl methyl sites for hydroxylation is 2. The Hall–Kier alpha value is -2.42. The number of carbonyl (C=O) groups is 1. The Morgan fingerprint density at radius 3 is 2.54 bits per heavy atom. The first-order chi connectivity index (χ1) is 12.4. The lowest BCUT2D eigenvalue weighted by molar-refractivity contribution is -0.119. The lowest BCUT2D eigenvalue weighted by atomic mass is 10.3. The highest BCUT2D eigenvalue weighted by Gasteiger charge is 2.18. The monoisotopic (exact) mass is 364 g/mol. The van der Waals surface area contributed by atoms with Gasteiger partial charge in [0.05, 0.1) is 13.1 Å². The smallest absolute Gasteiger partial charge is 0.330 e. The van der Waals surface area contributed by atoms with Crippen LogP contribution in [-0.2, 0) is 24.9 Å². The van der Waals surface area contributed by atoms with Gasteiger partial charge >= 0.3 is 5.69 Å². The first kappa shape index (κ1) is 19.9. The highest BCUT2D eigenvalue weighted by atomic mass is 16.2. The van der Waals surface area contributed by atoms with E-state index in [0.29, 0.717) is 36.6 Å². The van der Waals surface area contributed by atoms with Gasteiger partial charge in [0.1, 0.15) is 5.82 Å². The number of primary amides is 1. The van der Waals surface area contributed by atoms with Crippen molar-refractivity contribution in [3.8, 4) is 0 Å². The number of amides is 1. The quantitative estimate of drug-likeness (QED) is 0.629. The number of imidazole rings is 1. The fraction of sp³-hybridized carbons (Fsp3) is 0.647. The fourth-order valence-corrected chi connectivity index (χ4v) is 2.97. The second kappa shape index (κ2) is 8.79. The second-order valence-electron chi connectivity index (χ2n) is 6.55. The number of hydrogen-bond acceptors (Lipinski definition) is 5. The van der Waals surface area contributed by atoms with Crippen LogP contribution >= 0.6 is 0 Å². The van der Waals surface area contributed by atoms with E-state index in [0.717, 1.165) is 25.7 Å². The van der Waals surface area contributed by atoms with Crippen LogP contribution in [0, 0.1) is 0 Å². The minimum atomic E-state index is -0.450. The number of aromatic nitrogens is 4. The fourth-order valence-electron chi connectivity index (χ4n) is 2.97. The number of nitrogens with two attached hydrogens (primary N) is 1. The summed E-state index contributed by atoms with van der Waals surface area (Å²) < 4.78 is 3.20. The molecule has 3 N–H and O–H groups in total. The van der Waals surface area contributed by atoms with Gasteiger partial charge in [0.15, 0.2) is 11.2 Å². The highest BCUT2D eigenvalue weighted by molar-refractivity contribution is 5.76. The van der Waals surface area contributed by atoms with E-state index < -0.39 is 17.2 Å². The maximum absolute atomic E-state index is 12.3. The van der Waals surface area contributed by atoms with Crippen LogP contribution in [0.25, 0.3) is 11.2 Å². The molecule has 144 valence electrons. The third kappa shape index (κ3) is 4.40. The SMILES string of the molecule is CCCCN(CC(N)=O)Cc1nc2c(c(=O)[nH]c(=O)n2CCCC)n1C. The Balaban J connectivity index is 2.46. The summed E-state index contributed by atoms with van der Waals surface area (Å²) in [6.07, 6.45) is 3.67. The van der Waals surface area contributed by atoms with E-state index in [-0.39, 0.29) is 6.54 Å². The molecule has 26 heavy (non-hydrogen) atoms.